The standard InChI is InChI=1S/C12H24N4O/c1-9-12(2,7-8-17-9)15-11(16-13)14-10-5-3-4-6-10/h9-10H,3-8,13H2,1-2H3,(H2,14,15,16). The van der Waals surface area contributed by atoms with Crippen LogP contribution in [0.2, 0.25) is 0 Å². The fourth-order valence-corrected chi connectivity index (χ4v) is 2.59. The zero-order valence-corrected chi connectivity index (χ0v) is 10.8. The molecule has 1 aliphatic carbocycles. The normalized spacial score (nSPS) is 35.2. The summed E-state index contributed by atoms with van der Waals surface area (Å²) in [5.74, 6) is 6.25. The molecule has 2 atom stereocenters. The van der Waals surface area contributed by atoms with Crippen LogP contribution in [-0.2, 0) is 4.74 Å². The van der Waals surface area contributed by atoms with Gasteiger partial charge in [0.1, 0.15) is 0 Å². The first-order valence-corrected chi connectivity index (χ1v) is 6.58. The molecule has 2 aliphatic rings. The number of ether oxygens (including phenoxy) is 1. The van der Waals surface area contributed by atoms with Gasteiger partial charge < -0.3 is 10.1 Å². The lowest BCUT2D eigenvalue weighted by Gasteiger charge is -2.30. The molecule has 4 N–H and O–H groups in total. The summed E-state index contributed by atoms with van der Waals surface area (Å²) < 4.78 is 5.60. The SMILES string of the molecule is CC1OCCC1(C)NC(=NC1CCCC1)NN. The van der Waals surface area contributed by atoms with E-state index in [0.717, 1.165) is 13.0 Å². The Balaban J connectivity index is 1.98. The van der Waals surface area contributed by atoms with E-state index in [1.165, 1.54) is 25.7 Å². The van der Waals surface area contributed by atoms with Crippen LogP contribution >= 0.6 is 0 Å². The highest BCUT2D eigenvalue weighted by Crippen LogP contribution is 2.25. The number of rotatable bonds is 2. The number of nitrogens with two attached hydrogens (primary N) is 1. The number of guanidine groups is 1. The summed E-state index contributed by atoms with van der Waals surface area (Å²) in [6, 6.07) is 0.426. The largest absolute Gasteiger partial charge is 0.376 e. The molecule has 0 amide bonds. The van der Waals surface area contributed by atoms with E-state index in [1.807, 2.05) is 0 Å². The Labute approximate surface area is 103 Å². The third-order valence-electron chi connectivity index (χ3n) is 4.06. The second-order valence-electron chi connectivity index (χ2n) is 5.37. The van der Waals surface area contributed by atoms with Crippen LogP contribution in [0.25, 0.3) is 0 Å². The first kappa shape index (κ1) is 12.6. The Morgan fingerprint density at radius 3 is 2.65 bits per heavy atom. The van der Waals surface area contributed by atoms with E-state index in [9.17, 15) is 0 Å². The Morgan fingerprint density at radius 2 is 2.12 bits per heavy atom. The zero-order valence-electron chi connectivity index (χ0n) is 10.8. The van der Waals surface area contributed by atoms with E-state index in [1.54, 1.807) is 0 Å². The average molecular weight is 240 g/mol. The summed E-state index contributed by atoms with van der Waals surface area (Å²) in [6.07, 6.45) is 6.08. The molecule has 0 bridgehead atoms. The molecule has 0 aromatic heterocycles. The monoisotopic (exact) mass is 240 g/mol. The van der Waals surface area contributed by atoms with Crippen LogP contribution in [0.15, 0.2) is 4.99 Å². The minimum absolute atomic E-state index is 0.0657. The van der Waals surface area contributed by atoms with Gasteiger partial charge >= 0.3 is 0 Å². The lowest BCUT2D eigenvalue weighted by Crippen LogP contribution is -2.56. The zero-order chi connectivity index (χ0) is 12.3. The molecule has 1 aliphatic heterocycles. The molecule has 2 rings (SSSR count). The van der Waals surface area contributed by atoms with Crippen LogP contribution in [0.4, 0.5) is 0 Å². The van der Waals surface area contributed by atoms with Crippen LogP contribution in [0.3, 0.4) is 0 Å². The number of hydrazine groups is 1. The van der Waals surface area contributed by atoms with Crippen molar-refractivity contribution in [3.63, 3.8) is 0 Å². The van der Waals surface area contributed by atoms with Crippen LogP contribution < -0.4 is 16.6 Å². The molecule has 0 aromatic rings. The molecule has 0 aromatic carbocycles. The summed E-state index contributed by atoms with van der Waals surface area (Å²) in [5.41, 5.74) is 2.62. The van der Waals surface area contributed by atoms with Crippen LogP contribution in [0.5, 0.6) is 0 Å². The first-order chi connectivity index (χ1) is 8.14. The topological polar surface area (TPSA) is 71.7 Å². The Hall–Kier alpha value is -0.810. The van der Waals surface area contributed by atoms with Gasteiger partial charge in [-0.15, -0.1) is 0 Å². The molecule has 98 valence electrons. The van der Waals surface area contributed by atoms with Gasteiger partial charge in [0.25, 0.3) is 0 Å². The van der Waals surface area contributed by atoms with Gasteiger partial charge in [-0.25, -0.2) is 10.8 Å². The minimum atomic E-state index is -0.0657. The van der Waals surface area contributed by atoms with Gasteiger partial charge in [0, 0.05) is 6.61 Å². The molecule has 0 radical (unpaired) electrons. The second kappa shape index (κ2) is 5.23. The van der Waals surface area contributed by atoms with Crippen molar-refractivity contribution in [2.45, 2.75) is 63.6 Å². The van der Waals surface area contributed by atoms with E-state index in [2.05, 4.69) is 29.6 Å². The van der Waals surface area contributed by atoms with Crippen molar-refractivity contribution in [2.75, 3.05) is 6.61 Å². The van der Waals surface area contributed by atoms with E-state index in [4.69, 9.17) is 10.6 Å². The van der Waals surface area contributed by atoms with Gasteiger partial charge in [0.15, 0.2) is 0 Å². The van der Waals surface area contributed by atoms with Crippen molar-refractivity contribution in [2.24, 2.45) is 10.8 Å². The second-order valence-corrected chi connectivity index (χ2v) is 5.37. The number of aliphatic imine (C=N–C) groups is 1. The summed E-state index contributed by atoms with van der Waals surface area (Å²) in [7, 11) is 0. The quantitative estimate of drug-likeness (QED) is 0.290. The fraction of sp³-hybridized carbons (Fsp3) is 0.917. The van der Waals surface area contributed by atoms with E-state index in [0.29, 0.717) is 12.0 Å². The van der Waals surface area contributed by atoms with Gasteiger partial charge in [0.2, 0.25) is 5.96 Å². The highest BCUT2D eigenvalue weighted by atomic mass is 16.5. The molecular weight excluding hydrogens is 216 g/mol. The third kappa shape index (κ3) is 2.90. The molecule has 5 nitrogen and oxygen atoms in total. The van der Waals surface area contributed by atoms with Crippen molar-refractivity contribution < 1.29 is 4.74 Å². The maximum atomic E-state index is 5.60. The van der Waals surface area contributed by atoms with E-state index in [-0.39, 0.29) is 11.6 Å². The van der Waals surface area contributed by atoms with Gasteiger partial charge in [-0.05, 0) is 33.1 Å². The molecule has 2 fully saturated rings. The summed E-state index contributed by atoms with van der Waals surface area (Å²) in [5, 5.41) is 3.41. The fourth-order valence-electron chi connectivity index (χ4n) is 2.59. The Kier molecular flexibility index (Phi) is 3.89. The van der Waals surface area contributed by atoms with Crippen LogP contribution in [0.1, 0.15) is 46.0 Å². The number of hydrogen-bond acceptors (Lipinski definition) is 3. The summed E-state index contributed by atoms with van der Waals surface area (Å²) in [6.45, 7) is 5.04. The lowest BCUT2D eigenvalue weighted by atomic mass is 9.95. The summed E-state index contributed by atoms with van der Waals surface area (Å²) in [4.78, 5) is 4.65. The van der Waals surface area contributed by atoms with Crippen LogP contribution in [0, 0.1) is 0 Å². The van der Waals surface area contributed by atoms with Crippen LogP contribution in [-0.4, -0.2) is 30.3 Å². The third-order valence-corrected chi connectivity index (χ3v) is 4.06. The minimum Gasteiger partial charge on any atom is -0.376 e. The maximum absolute atomic E-state index is 5.60. The predicted molar refractivity (Wildman–Crippen MR) is 68.6 cm³/mol. The number of nitrogens with zero attached hydrogens (tertiary/aromatic N) is 1. The lowest BCUT2D eigenvalue weighted by molar-refractivity contribution is 0.0944. The first-order valence-electron chi connectivity index (χ1n) is 6.58. The maximum Gasteiger partial charge on any atom is 0.206 e. The van der Waals surface area contributed by atoms with Crippen molar-refractivity contribution in [3.05, 3.63) is 0 Å². The summed E-state index contributed by atoms with van der Waals surface area (Å²) >= 11 is 0. The van der Waals surface area contributed by atoms with Gasteiger partial charge in [-0.1, -0.05) is 12.8 Å². The molecule has 0 spiro atoms. The van der Waals surface area contributed by atoms with Crippen molar-refractivity contribution in [1.82, 2.24) is 10.7 Å². The molecule has 1 saturated carbocycles. The number of hydrogen-bond donors (Lipinski definition) is 3. The van der Waals surface area contributed by atoms with Crippen molar-refractivity contribution >= 4 is 5.96 Å². The van der Waals surface area contributed by atoms with Crippen molar-refractivity contribution in [3.8, 4) is 0 Å². The van der Waals surface area contributed by atoms with E-state index < -0.39 is 0 Å². The van der Waals surface area contributed by atoms with Gasteiger partial charge in [0.05, 0.1) is 17.7 Å². The van der Waals surface area contributed by atoms with E-state index >= 15 is 0 Å². The number of nitrogens with one attached hydrogen (secondary N) is 2. The average Bonchev–Trinajstić information content (AvgIpc) is 2.90. The Morgan fingerprint density at radius 1 is 1.41 bits per heavy atom. The molecule has 2 unspecified atom stereocenters. The molecule has 1 heterocycles. The molecule has 1 saturated heterocycles. The molecule has 5 heteroatoms. The highest BCUT2D eigenvalue weighted by Gasteiger charge is 2.37. The van der Waals surface area contributed by atoms with Gasteiger partial charge in [-0.2, -0.15) is 0 Å². The van der Waals surface area contributed by atoms with Crippen molar-refractivity contribution in [1.29, 1.82) is 0 Å². The van der Waals surface area contributed by atoms with Gasteiger partial charge in [-0.3, -0.25) is 5.43 Å². The Bertz CT molecular complexity index is 288. The highest BCUT2D eigenvalue weighted by molar-refractivity contribution is 5.80. The predicted octanol–water partition coefficient (Wildman–Crippen LogP) is 0.905. The smallest absolute Gasteiger partial charge is 0.206 e. The molecule has 17 heavy (non-hydrogen) atoms. The molecular formula is C12H24N4O.